The lowest BCUT2D eigenvalue weighted by Gasteiger charge is -2.22. The molecule has 1 unspecified atom stereocenters. The predicted molar refractivity (Wildman–Crippen MR) is 93.1 cm³/mol. The number of hydrogen-bond acceptors (Lipinski definition) is 7. The highest BCUT2D eigenvalue weighted by atomic mass is 16.6. The topological polar surface area (TPSA) is 89.3 Å². The molecule has 0 N–H and O–H groups in total. The summed E-state index contributed by atoms with van der Waals surface area (Å²) in [6.07, 6.45) is 2.20. The number of ether oxygens (including phenoxy) is 1. The van der Waals surface area contributed by atoms with Crippen LogP contribution in [0, 0.1) is 0 Å². The molecular weight excluding hydrogens is 334 g/mol. The Morgan fingerprint density at radius 2 is 2.00 bits per heavy atom. The number of amides is 1. The van der Waals surface area contributed by atoms with E-state index < -0.39 is 0 Å². The molecule has 4 heterocycles. The van der Waals surface area contributed by atoms with Crippen molar-refractivity contribution >= 4 is 23.1 Å². The van der Waals surface area contributed by atoms with E-state index in [1.807, 2.05) is 30.3 Å². The fourth-order valence-electron chi connectivity index (χ4n) is 3.64. The first-order valence-corrected chi connectivity index (χ1v) is 8.61. The smallest absolute Gasteiger partial charge is 0.410 e. The third-order valence-electron chi connectivity index (χ3n) is 4.92. The van der Waals surface area contributed by atoms with Gasteiger partial charge in [0, 0.05) is 13.1 Å². The Morgan fingerprint density at radius 1 is 1.12 bits per heavy atom. The molecule has 1 atom stereocenters. The molecule has 2 saturated heterocycles. The number of cyclic esters (lactones) is 1. The zero-order valence-corrected chi connectivity index (χ0v) is 14.0. The highest BCUT2D eigenvalue weighted by Gasteiger charge is 2.35. The Morgan fingerprint density at radius 3 is 2.81 bits per heavy atom. The van der Waals surface area contributed by atoms with Gasteiger partial charge in [-0.05, 0) is 18.6 Å². The fraction of sp³-hybridized carbons (Fsp3) is 0.353. The largest absolute Gasteiger partial charge is 0.448 e. The minimum atomic E-state index is -0.222. The van der Waals surface area contributed by atoms with Gasteiger partial charge in [0.15, 0.2) is 17.0 Å². The number of hydrogen-bond donors (Lipinski definition) is 0. The number of carbonyl (C=O) groups excluding carboxylic acids is 1. The maximum absolute atomic E-state index is 11.8. The number of nitrogens with zero attached hydrogens (tertiary/aromatic N) is 7. The molecule has 9 heteroatoms. The third kappa shape index (κ3) is 2.35. The van der Waals surface area contributed by atoms with Crippen molar-refractivity contribution in [3.05, 3.63) is 36.7 Å². The Bertz CT molecular complexity index is 958. The van der Waals surface area contributed by atoms with E-state index in [9.17, 15) is 4.79 Å². The van der Waals surface area contributed by atoms with Crippen LogP contribution in [0.2, 0.25) is 0 Å². The molecule has 26 heavy (non-hydrogen) atoms. The van der Waals surface area contributed by atoms with Crippen LogP contribution in [-0.2, 0) is 4.74 Å². The molecule has 0 radical (unpaired) electrons. The van der Waals surface area contributed by atoms with Crippen LogP contribution in [-0.4, -0.2) is 68.2 Å². The molecule has 9 nitrogen and oxygen atoms in total. The van der Waals surface area contributed by atoms with Crippen molar-refractivity contribution in [2.45, 2.75) is 12.5 Å². The van der Waals surface area contributed by atoms with Crippen molar-refractivity contribution in [1.82, 2.24) is 29.9 Å². The van der Waals surface area contributed by atoms with Gasteiger partial charge in [-0.2, -0.15) is 4.68 Å². The molecule has 1 aromatic carbocycles. The van der Waals surface area contributed by atoms with Crippen LogP contribution in [0.3, 0.4) is 0 Å². The minimum absolute atomic E-state index is 0.138. The number of benzene rings is 1. The van der Waals surface area contributed by atoms with E-state index in [1.165, 1.54) is 6.33 Å². The van der Waals surface area contributed by atoms with Crippen LogP contribution in [0.1, 0.15) is 6.42 Å². The number of para-hydroxylation sites is 1. The summed E-state index contributed by atoms with van der Waals surface area (Å²) in [5, 5.41) is 8.58. The van der Waals surface area contributed by atoms with Gasteiger partial charge in [0.05, 0.1) is 18.3 Å². The van der Waals surface area contributed by atoms with E-state index in [1.54, 1.807) is 9.58 Å². The molecule has 3 aromatic rings. The third-order valence-corrected chi connectivity index (χ3v) is 4.92. The lowest BCUT2D eigenvalue weighted by atomic mass is 10.2. The van der Waals surface area contributed by atoms with Gasteiger partial charge in [0.1, 0.15) is 12.9 Å². The molecule has 2 aliphatic heterocycles. The van der Waals surface area contributed by atoms with Gasteiger partial charge in [-0.15, -0.1) is 5.10 Å². The van der Waals surface area contributed by atoms with Gasteiger partial charge in [0.2, 0.25) is 0 Å². The highest BCUT2D eigenvalue weighted by molar-refractivity contribution is 5.83. The zero-order valence-electron chi connectivity index (χ0n) is 14.0. The molecule has 2 aromatic heterocycles. The molecule has 0 aliphatic carbocycles. The molecular formula is C17H17N7O2. The summed E-state index contributed by atoms with van der Waals surface area (Å²) in [4.78, 5) is 24.6. The average molecular weight is 351 g/mol. The Kier molecular flexibility index (Phi) is 3.44. The predicted octanol–water partition coefficient (Wildman–Crippen LogP) is 1.24. The quantitative estimate of drug-likeness (QED) is 0.701. The fourth-order valence-corrected chi connectivity index (χ4v) is 3.64. The average Bonchev–Trinajstić information content (AvgIpc) is 3.41. The van der Waals surface area contributed by atoms with E-state index in [-0.39, 0.29) is 12.1 Å². The first-order valence-electron chi connectivity index (χ1n) is 8.61. The highest BCUT2D eigenvalue weighted by Crippen LogP contribution is 2.28. The maximum Gasteiger partial charge on any atom is 0.410 e. The number of fused-ring (bicyclic) bond motifs is 1. The summed E-state index contributed by atoms with van der Waals surface area (Å²) in [7, 11) is 0. The minimum Gasteiger partial charge on any atom is -0.448 e. The summed E-state index contributed by atoms with van der Waals surface area (Å²) < 4.78 is 6.77. The van der Waals surface area contributed by atoms with Gasteiger partial charge < -0.3 is 9.64 Å². The number of carbonyl (C=O) groups is 1. The molecule has 132 valence electrons. The molecule has 2 fully saturated rings. The van der Waals surface area contributed by atoms with Crippen molar-refractivity contribution in [2.24, 2.45) is 0 Å². The second-order valence-corrected chi connectivity index (χ2v) is 6.40. The van der Waals surface area contributed by atoms with E-state index in [0.29, 0.717) is 30.9 Å². The number of aromatic nitrogens is 5. The van der Waals surface area contributed by atoms with Gasteiger partial charge >= 0.3 is 6.09 Å². The molecule has 0 spiro atoms. The van der Waals surface area contributed by atoms with Gasteiger partial charge in [-0.25, -0.2) is 14.8 Å². The molecule has 0 bridgehead atoms. The van der Waals surface area contributed by atoms with Crippen molar-refractivity contribution in [3.63, 3.8) is 0 Å². The molecule has 0 saturated carbocycles. The van der Waals surface area contributed by atoms with Gasteiger partial charge in [-0.3, -0.25) is 4.90 Å². The van der Waals surface area contributed by atoms with Crippen molar-refractivity contribution in [1.29, 1.82) is 0 Å². The normalized spacial score (nSPS) is 20.2. The SMILES string of the molecule is O=C1OCCN1C1CCN(c2ncnc3c2nnn3-c2ccccc2)C1. The van der Waals surface area contributed by atoms with E-state index in [4.69, 9.17) is 4.74 Å². The zero-order chi connectivity index (χ0) is 17.5. The summed E-state index contributed by atoms with van der Waals surface area (Å²) in [5.74, 6) is 0.757. The van der Waals surface area contributed by atoms with Gasteiger partial charge in [0.25, 0.3) is 0 Å². The van der Waals surface area contributed by atoms with E-state index >= 15 is 0 Å². The molecule has 1 amide bonds. The van der Waals surface area contributed by atoms with Crippen molar-refractivity contribution in [3.8, 4) is 5.69 Å². The van der Waals surface area contributed by atoms with Gasteiger partial charge in [-0.1, -0.05) is 23.4 Å². The summed E-state index contributed by atoms with van der Waals surface area (Å²) in [6.45, 7) is 2.64. The first kappa shape index (κ1) is 15.1. The maximum atomic E-state index is 11.8. The van der Waals surface area contributed by atoms with Crippen LogP contribution in [0.4, 0.5) is 10.6 Å². The van der Waals surface area contributed by atoms with Crippen LogP contribution in [0.15, 0.2) is 36.7 Å². The van der Waals surface area contributed by atoms with Crippen molar-refractivity contribution < 1.29 is 9.53 Å². The lowest BCUT2D eigenvalue weighted by Crippen LogP contribution is -2.38. The second kappa shape index (κ2) is 5.94. The summed E-state index contributed by atoms with van der Waals surface area (Å²) in [5.41, 5.74) is 2.24. The van der Waals surface area contributed by atoms with E-state index in [0.717, 1.165) is 24.5 Å². The lowest BCUT2D eigenvalue weighted by molar-refractivity contribution is 0.150. The first-order chi connectivity index (χ1) is 12.8. The van der Waals surface area contributed by atoms with Crippen molar-refractivity contribution in [2.75, 3.05) is 31.1 Å². The summed E-state index contributed by atoms with van der Waals surface area (Å²) in [6, 6.07) is 9.91. The van der Waals surface area contributed by atoms with E-state index in [2.05, 4.69) is 25.2 Å². The Balaban J connectivity index is 1.47. The second-order valence-electron chi connectivity index (χ2n) is 6.40. The van der Waals surface area contributed by atoms with Crippen LogP contribution in [0.25, 0.3) is 16.9 Å². The molecule has 2 aliphatic rings. The Labute approximate surface area is 149 Å². The number of anilines is 1. The molecule has 5 rings (SSSR count). The summed E-state index contributed by atoms with van der Waals surface area (Å²) >= 11 is 0. The monoisotopic (exact) mass is 351 g/mol. The standard InChI is InChI=1S/C17H17N7O2/c25-17-23(8-9-26-17)13-6-7-22(10-13)15-14-16(19-11-18-15)24(21-20-14)12-4-2-1-3-5-12/h1-5,11,13H,6-10H2. The van der Waals surface area contributed by atoms with Crippen LogP contribution in [0.5, 0.6) is 0 Å². The number of rotatable bonds is 3. The van der Waals surface area contributed by atoms with Crippen LogP contribution >= 0.6 is 0 Å². The Hall–Kier alpha value is -3.23. The van der Waals surface area contributed by atoms with Crippen LogP contribution < -0.4 is 4.90 Å².